The van der Waals surface area contributed by atoms with Crippen LogP contribution in [0.1, 0.15) is 24.1 Å². The standard InChI is InChI=1S/C19H16F2N4O/c1-13(14-5-7-15(8-6-14)25-12-22-11-23-25)24-19(26)10-9-16-17(20)3-2-4-18(16)21/h2-13H,1H3,(H,24,26)/b10-9+. The fourth-order valence-electron chi connectivity index (χ4n) is 2.43. The van der Waals surface area contributed by atoms with Gasteiger partial charge in [-0.1, -0.05) is 18.2 Å². The largest absolute Gasteiger partial charge is 0.346 e. The maximum absolute atomic E-state index is 13.5. The van der Waals surface area contributed by atoms with Gasteiger partial charge in [0.2, 0.25) is 5.91 Å². The fourth-order valence-corrected chi connectivity index (χ4v) is 2.43. The Kier molecular flexibility index (Phi) is 5.17. The highest BCUT2D eigenvalue weighted by molar-refractivity contribution is 5.92. The van der Waals surface area contributed by atoms with E-state index < -0.39 is 17.5 Å². The van der Waals surface area contributed by atoms with Crippen molar-refractivity contribution in [3.8, 4) is 5.69 Å². The number of rotatable bonds is 5. The molecule has 2 aromatic carbocycles. The zero-order valence-electron chi connectivity index (χ0n) is 13.9. The summed E-state index contributed by atoms with van der Waals surface area (Å²) >= 11 is 0. The third kappa shape index (κ3) is 4.00. The Morgan fingerprint density at radius 2 is 1.85 bits per heavy atom. The Hall–Kier alpha value is -3.35. The monoisotopic (exact) mass is 354 g/mol. The van der Waals surface area contributed by atoms with Gasteiger partial charge >= 0.3 is 0 Å². The van der Waals surface area contributed by atoms with Gasteiger partial charge in [-0.2, -0.15) is 5.10 Å². The van der Waals surface area contributed by atoms with Crippen LogP contribution in [0.25, 0.3) is 11.8 Å². The minimum absolute atomic E-state index is 0.243. The number of amides is 1. The number of carbonyl (C=O) groups excluding carboxylic acids is 1. The van der Waals surface area contributed by atoms with Crippen LogP contribution in [0.2, 0.25) is 0 Å². The molecule has 1 N–H and O–H groups in total. The molecule has 132 valence electrons. The highest BCUT2D eigenvalue weighted by Crippen LogP contribution is 2.16. The lowest BCUT2D eigenvalue weighted by Crippen LogP contribution is -2.24. The minimum Gasteiger partial charge on any atom is -0.346 e. The van der Waals surface area contributed by atoms with Crippen LogP contribution in [0.4, 0.5) is 8.78 Å². The molecule has 26 heavy (non-hydrogen) atoms. The lowest BCUT2D eigenvalue weighted by molar-refractivity contribution is -0.117. The van der Waals surface area contributed by atoms with Gasteiger partial charge in [0.15, 0.2) is 0 Å². The molecule has 0 saturated carbocycles. The summed E-state index contributed by atoms with van der Waals surface area (Å²) in [6.45, 7) is 1.82. The van der Waals surface area contributed by atoms with Crippen LogP contribution in [0.3, 0.4) is 0 Å². The van der Waals surface area contributed by atoms with Crippen molar-refractivity contribution >= 4 is 12.0 Å². The Balaban J connectivity index is 1.65. The van der Waals surface area contributed by atoms with E-state index in [1.54, 1.807) is 11.0 Å². The highest BCUT2D eigenvalue weighted by atomic mass is 19.1. The fraction of sp³-hybridized carbons (Fsp3) is 0.105. The number of nitrogens with one attached hydrogen (secondary N) is 1. The molecule has 0 fully saturated rings. The first kappa shape index (κ1) is 17.5. The first-order valence-corrected chi connectivity index (χ1v) is 7.92. The Morgan fingerprint density at radius 1 is 1.15 bits per heavy atom. The third-order valence-corrected chi connectivity index (χ3v) is 3.84. The van der Waals surface area contributed by atoms with Gasteiger partial charge in [-0.15, -0.1) is 0 Å². The summed E-state index contributed by atoms with van der Waals surface area (Å²) in [5.41, 5.74) is 1.49. The molecule has 0 saturated heterocycles. The molecule has 3 aromatic rings. The normalized spacial score (nSPS) is 12.3. The average Bonchev–Trinajstić information content (AvgIpc) is 3.16. The van der Waals surface area contributed by atoms with Crippen LogP contribution in [-0.2, 0) is 4.79 Å². The molecule has 1 amide bonds. The van der Waals surface area contributed by atoms with Crippen LogP contribution in [-0.4, -0.2) is 20.7 Å². The zero-order valence-corrected chi connectivity index (χ0v) is 13.9. The van der Waals surface area contributed by atoms with Gasteiger partial charge in [-0.3, -0.25) is 4.79 Å². The smallest absolute Gasteiger partial charge is 0.244 e. The second-order valence-electron chi connectivity index (χ2n) is 5.63. The molecule has 7 heteroatoms. The second kappa shape index (κ2) is 7.69. The van der Waals surface area contributed by atoms with E-state index in [-0.39, 0.29) is 11.6 Å². The molecule has 1 atom stereocenters. The van der Waals surface area contributed by atoms with Crippen molar-refractivity contribution in [1.82, 2.24) is 20.1 Å². The molecule has 1 aromatic heterocycles. The maximum Gasteiger partial charge on any atom is 0.244 e. The lowest BCUT2D eigenvalue weighted by atomic mass is 10.1. The van der Waals surface area contributed by atoms with Crippen molar-refractivity contribution in [3.63, 3.8) is 0 Å². The van der Waals surface area contributed by atoms with Crippen molar-refractivity contribution < 1.29 is 13.6 Å². The summed E-state index contributed by atoms with van der Waals surface area (Å²) in [6, 6.07) is 10.7. The van der Waals surface area contributed by atoms with Crippen LogP contribution < -0.4 is 5.32 Å². The number of nitrogens with zero attached hydrogens (tertiary/aromatic N) is 3. The van der Waals surface area contributed by atoms with Crippen LogP contribution >= 0.6 is 0 Å². The van der Waals surface area contributed by atoms with E-state index in [4.69, 9.17) is 0 Å². The van der Waals surface area contributed by atoms with Crippen molar-refractivity contribution in [2.45, 2.75) is 13.0 Å². The number of aromatic nitrogens is 3. The Morgan fingerprint density at radius 3 is 2.46 bits per heavy atom. The molecule has 0 aliphatic carbocycles. The number of halogens is 2. The molecule has 0 aliphatic rings. The van der Waals surface area contributed by atoms with E-state index in [0.717, 1.165) is 35.5 Å². The van der Waals surface area contributed by atoms with E-state index in [1.807, 2.05) is 31.2 Å². The van der Waals surface area contributed by atoms with E-state index in [1.165, 1.54) is 12.4 Å². The molecular weight excluding hydrogens is 338 g/mol. The second-order valence-corrected chi connectivity index (χ2v) is 5.63. The first-order chi connectivity index (χ1) is 12.5. The molecule has 0 bridgehead atoms. The predicted molar refractivity (Wildman–Crippen MR) is 93.3 cm³/mol. The molecular formula is C19H16F2N4O. The molecule has 5 nitrogen and oxygen atoms in total. The summed E-state index contributed by atoms with van der Waals surface area (Å²) in [5, 5.41) is 6.80. The van der Waals surface area contributed by atoms with Crippen LogP contribution in [0, 0.1) is 11.6 Å². The van der Waals surface area contributed by atoms with Crippen molar-refractivity contribution in [3.05, 3.63) is 84.0 Å². The highest BCUT2D eigenvalue weighted by Gasteiger charge is 2.09. The first-order valence-electron chi connectivity index (χ1n) is 7.92. The summed E-state index contributed by atoms with van der Waals surface area (Å²) in [6.07, 6.45) is 5.27. The van der Waals surface area contributed by atoms with E-state index in [0.29, 0.717) is 0 Å². The summed E-state index contributed by atoms with van der Waals surface area (Å²) in [5.74, 6) is -1.88. The molecule has 0 aliphatic heterocycles. The van der Waals surface area contributed by atoms with Crippen LogP contribution in [0.5, 0.6) is 0 Å². The molecule has 1 unspecified atom stereocenters. The molecule has 0 radical (unpaired) electrons. The molecule has 0 spiro atoms. The summed E-state index contributed by atoms with van der Waals surface area (Å²) < 4.78 is 28.7. The number of carbonyl (C=O) groups is 1. The summed E-state index contributed by atoms with van der Waals surface area (Å²) in [7, 11) is 0. The topological polar surface area (TPSA) is 59.8 Å². The van der Waals surface area contributed by atoms with Crippen LogP contribution in [0.15, 0.2) is 61.2 Å². The van der Waals surface area contributed by atoms with Crippen molar-refractivity contribution in [1.29, 1.82) is 0 Å². The maximum atomic E-state index is 13.5. The van der Waals surface area contributed by atoms with Crippen molar-refractivity contribution in [2.24, 2.45) is 0 Å². The predicted octanol–water partition coefficient (Wildman–Crippen LogP) is 3.44. The van der Waals surface area contributed by atoms with E-state index in [9.17, 15) is 13.6 Å². The zero-order chi connectivity index (χ0) is 18.5. The van der Waals surface area contributed by atoms with E-state index in [2.05, 4.69) is 15.4 Å². The van der Waals surface area contributed by atoms with Gasteiger partial charge < -0.3 is 5.32 Å². The Bertz CT molecular complexity index is 901. The molecule has 3 rings (SSSR count). The number of benzene rings is 2. The van der Waals surface area contributed by atoms with Gasteiger partial charge in [-0.05, 0) is 42.8 Å². The number of hydrogen-bond donors (Lipinski definition) is 1. The SMILES string of the molecule is CC(NC(=O)/C=C/c1c(F)cccc1F)c1ccc(-n2cncn2)cc1. The molecule has 1 heterocycles. The summed E-state index contributed by atoms with van der Waals surface area (Å²) in [4.78, 5) is 15.9. The Labute approximate surface area is 149 Å². The van der Waals surface area contributed by atoms with E-state index >= 15 is 0 Å². The van der Waals surface area contributed by atoms with Gasteiger partial charge in [0, 0.05) is 11.6 Å². The van der Waals surface area contributed by atoms with Gasteiger partial charge in [0.25, 0.3) is 0 Å². The quantitative estimate of drug-likeness (QED) is 0.714. The van der Waals surface area contributed by atoms with Crippen molar-refractivity contribution in [2.75, 3.05) is 0 Å². The van der Waals surface area contributed by atoms with Gasteiger partial charge in [0.05, 0.1) is 11.7 Å². The lowest BCUT2D eigenvalue weighted by Gasteiger charge is -2.13. The van der Waals surface area contributed by atoms with Gasteiger partial charge in [-0.25, -0.2) is 18.4 Å². The number of hydrogen-bond acceptors (Lipinski definition) is 3. The third-order valence-electron chi connectivity index (χ3n) is 3.84. The van der Waals surface area contributed by atoms with Gasteiger partial charge in [0.1, 0.15) is 24.3 Å². The average molecular weight is 354 g/mol. The minimum atomic E-state index is -0.717.